The highest BCUT2D eigenvalue weighted by Gasteiger charge is 2.09. The quantitative estimate of drug-likeness (QED) is 0.691. The number of halogens is 2. The number of rotatable bonds is 4. The Hall–Kier alpha value is -2.82. The molecule has 0 aliphatic heterocycles. The highest BCUT2D eigenvalue weighted by Crippen LogP contribution is 2.12. The average Bonchev–Trinajstić information content (AvgIpc) is 2.45. The van der Waals surface area contributed by atoms with Gasteiger partial charge >= 0.3 is 5.97 Å². The van der Waals surface area contributed by atoms with Crippen LogP contribution in [0.1, 0.15) is 26.3 Å². The Kier molecular flexibility index (Phi) is 4.23. The highest BCUT2D eigenvalue weighted by atomic mass is 19.1. The fraction of sp³-hybridized carbons (Fsp3) is 0. The first kappa shape index (κ1) is 14.6. The van der Waals surface area contributed by atoms with Crippen molar-refractivity contribution in [2.24, 2.45) is 0 Å². The Labute approximate surface area is 119 Å². The molecule has 0 aliphatic rings. The minimum atomic E-state index is -1.05. The van der Waals surface area contributed by atoms with Crippen LogP contribution in [0, 0.1) is 11.6 Å². The molecule has 21 heavy (non-hydrogen) atoms. The zero-order chi connectivity index (χ0) is 15.4. The van der Waals surface area contributed by atoms with Crippen molar-refractivity contribution in [1.29, 1.82) is 0 Å². The molecule has 0 amide bonds. The lowest BCUT2D eigenvalue weighted by Gasteiger charge is -1.99. The maximum Gasteiger partial charge on any atom is 0.335 e. The van der Waals surface area contributed by atoms with Crippen LogP contribution in [0.3, 0.4) is 0 Å². The van der Waals surface area contributed by atoms with Crippen LogP contribution in [0.25, 0.3) is 6.08 Å². The van der Waals surface area contributed by atoms with Gasteiger partial charge in [-0.2, -0.15) is 0 Å². The molecule has 0 fully saturated rings. The first-order valence-corrected chi connectivity index (χ1v) is 5.98. The van der Waals surface area contributed by atoms with E-state index in [1.54, 1.807) is 0 Å². The molecule has 1 N–H and O–H groups in total. The van der Waals surface area contributed by atoms with Gasteiger partial charge in [0.2, 0.25) is 0 Å². The van der Waals surface area contributed by atoms with Gasteiger partial charge in [-0.25, -0.2) is 13.6 Å². The first-order valence-electron chi connectivity index (χ1n) is 5.98. The molecular formula is C16H10F2O3. The lowest BCUT2D eigenvalue weighted by Crippen LogP contribution is -1.99. The van der Waals surface area contributed by atoms with Gasteiger partial charge in [0.05, 0.1) is 11.1 Å². The largest absolute Gasteiger partial charge is 0.478 e. The summed E-state index contributed by atoms with van der Waals surface area (Å²) >= 11 is 0. The molecule has 3 nitrogen and oxygen atoms in total. The molecule has 0 bridgehead atoms. The van der Waals surface area contributed by atoms with Crippen LogP contribution in [0.2, 0.25) is 0 Å². The van der Waals surface area contributed by atoms with Gasteiger partial charge in [0, 0.05) is 6.07 Å². The number of allylic oxidation sites excluding steroid dienone is 1. The maximum atomic E-state index is 13.4. The van der Waals surface area contributed by atoms with E-state index >= 15 is 0 Å². The van der Waals surface area contributed by atoms with Crippen molar-refractivity contribution in [3.63, 3.8) is 0 Å². The smallest absolute Gasteiger partial charge is 0.335 e. The fourth-order valence-electron chi connectivity index (χ4n) is 1.69. The number of aromatic carboxylic acids is 1. The molecule has 5 heteroatoms. The van der Waals surface area contributed by atoms with Crippen molar-refractivity contribution < 1.29 is 23.5 Å². The Balaban J connectivity index is 2.16. The molecule has 2 rings (SSSR count). The standard InChI is InChI=1S/C16H10F2O3/c17-12-6-7-13(14(18)9-12)15(19)8-3-10-1-4-11(5-2-10)16(20)21/h1-9H,(H,20,21)/b8-3+. The molecule has 0 unspecified atom stereocenters. The third kappa shape index (κ3) is 3.60. The van der Waals surface area contributed by atoms with E-state index in [-0.39, 0.29) is 11.1 Å². The molecule has 0 saturated carbocycles. The third-order valence-electron chi connectivity index (χ3n) is 2.78. The number of ketones is 1. The summed E-state index contributed by atoms with van der Waals surface area (Å²) in [6.45, 7) is 0. The van der Waals surface area contributed by atoms with E-state index < -0.39 is 23.4 Å². The number of hydrogen-bond donors (Lipinski definition) is 1. The fourth-order valence-corrected chi connectivity index (χ4v) is 1.69. The monoisotopic (exact) mass is 288 g/mol. The molecule has 0 saturated heterocycles. The average molecular weight is 288 g/mol. The second-order valence-corrected chi connectivity index (χ2v) is 4.25. The van der Waals surface area contributed by atoms with Crippen LogP contribution in [-0.2, 0) is 0 Å². The Morgan fingerprint density at radius 2 is 1.67 bits per heavy atom. The molecular weight excluding hydrogens is 278 g/mol. The van der Waals surface area contributed by atoms with Gasteiger partial charge in [0.15, 0.2) is 5.78 Å². The van der Waals surface area contributed by atoms with E-state index in [0.29, 0.717) is 11.6 Å². The minimum absolute atomic E-state index is 0.128. The van der Waals surface area contributed by atoms with Crippen molar-refractivity contribution >= 4 is 17.8 Å². The number of carbonyl (C=O) groups is 2. The van der Waals surface area contributed by atoms with E-state index in [4.69, 9.17) is 5.11 Å². The van der Waals surface area contributed by atoms with Crippen LogP contribution in [0.15, 0.2) is 48.5 Å². The molecule has 0 aliphatic carbocycles. The lowest BCUT2D eigenvalue weighted by molar-refractivity contribution is 0.0696. The van der Waals surface area contributed by atoms with Crippen molar-refractivity contribution in [2.75, 3.05) is 0 Å². The Morgan fingerprint density at radius 1 is 1.00 bits per heavy atom. The number of carboxylic acids is 1. The van der Waals surface area contributed by atoms with Crippen LogP contribution < -0.4 is 0 Å². The summed E-state index contributed by atoms with van der Waals surface area (Å²) in [6.07, 6.45) is 2.57. The highest BCUT2D eigenvalue weighted by molar-refractivity contribution is 6.07. The molecule has 0 atom stereocenters. The predicted molar refractivity (Wildman–Crippen MR) is 73.1 cm³/mol. The normalized spacial score (nSPS) is 10.8. The first-order chi connectivity index (χ1) is 9.97. The minimum Gasteiger partial charge on any atom is -0.478 e. The van der Waals surface area contributed by atoms with Crippen LogP contribution in [0.5, 0.6) is 0 Å². The van der Waals surface area contributed by atoms with Crippen molar-refractivity contribution in [1.82, 2.24) is 0 Å². The van der Waals surface area contributed by atoms with Gasteiger partial charge < -0.3 is 5.11 Å². The Bertz CT molecular complexity index is 719. The van der Waals surface area contributed by atoms with E-state index in [1.807, 2.05) is 0 Å². The molecule has 2 aromatic carbocycles. The van der Waals surface area contributed by atoms with Gasteiger partial charge in [-0.3, -0.25) is 4.79 Å². The summed E-state index contributed by atoms with van der Waals surface area (Å²) < 4.78 is 26.2. The second kappa shape index (κ2) is 6.09. The summed E-state index contributed by atoms with van der Waals surface area (Å²) in [6, 6.07) is 8.55. The molecule has 0 radical (unpaired) electrons. The number of hydrogen-bond acceptors (Lipinski definition) is 2. The van der Waals surface area contributed by atoms with Gasteiger partial charge in [-0.1, -0.05) is 18.2 Å². The summed E-state index contributed by atoms with van der Waals surface area (Å²) in [7, 11) is 0. The topological polar surface area (TPSA) is 54.4 Å². The summed E-state index contributed by atoms with van der Waals surface area (Å²) in [4.78, 5) is 22.5. The molecule has 0 aromatic heterocycles. The zero-order valence-corrected chi connectivity index (χ0v) is 10.7. The van der Waals surface area contributed by atoms with Crippen LogP contribution in [0.4, 0.5) is 8.78 Å². The Morgan fingerprint density at radius 3 is 2.24 bits per heavy atom. The van der Waals surface area contributed by atoms with E-state index in [9.17, 15) is 18.4 Å². The van der Waals surface area contributed by atoms with Crippen LogP contribution in [-0.4, -0.2) is 16.9 Å². The molecule has 2 aromatic rings. The maximum absolute atomic E-state index is 13.4. The van der Waals surface area contributed by atoms with Crippen LogP contribution >= 0.6 is 0 Å². The third-order valence-corrected chi connectivity index (χ3v) is 2.78. The van der Waals surface area contributed by atoms with Gasteiger partial charge in [0.1, 0.15) is 11.6 Å². The lowest BCUT2D eigenvalue weighted by atomic mass is 10.1. The summed E-state index contributed by atoms with van der Waals surface area (Å²) in [5.74, 6) is -3.33. The van der Waals surface area contributed by atoms with Crippen molar-refractivity contribution in [3.8, 4) is 0 Å². The van der Waals surface area contributed by atoms with E-state index in [0.717, 1.165) is 18.2 Å². The molecule has 0 spiro atoms. The summed E-state index contributed by atoms with van der Waals surface area (Å²) in [5, 5.41) is 8.75. The molecule has 106 valence electrons. The summed E-state index contributed by atoms with van der Waals surface area (Å²) in [5.41, 5.74) is 0.494. The number of carboxylic acid groups (broad SMARTS) is 1. The zero-order valence-electron chi connectivity index (χ0n) is 10.7. The van der Waals surface area contributed by atoms with E-state index in [2.05, 4.69) is 0 Å². The molecule has 0 heterocycles. The van der Waals surface area contributed by atoms with E-state index in [1.165, 1.54) is 30.3 Å². The van der Waals surface area contributed by atoms with Gasteiger partial charge in [-0.15, -0.1) is 0 Å². The van der Waals surface area contributed by atoms with Crippen molar-refractivity contribution in [2.45, 2.75) is 0 Å². The predicted octanol–water partition coefficient (Wildman–Crippen LogP) is 3.56. The number of carbonyl (C=O) groups excluding carboxylic acids is 1. The van der Waals surface area contributed by atoms with Gasteiger partial charge in [-0.05, 0) is 35.9 Å². The SMILES string of the molecule is O=C(O)c1ccc(/C=C/C(=O)c2ccc(F)cc2F)cc1. The van der Waals surface area contributed by atoms with Gasteiger partial charge in [0.25, 0.3) is 0 Å². The number of benzene rings is 2. The van der Waals surface area contributed by atoms with Crippen molar-refractivity contribution in [3.05, 3.63) is 76.9 Å². The second-order valence-electron chi connectivity index (χ2n) is 4.25.